The summed E-state index contributed by atoms with van der Waals surface area (Å²) in [7, 11) is 0. The van der Waals surface area contributed by atoms with E-state index in [0.717, 1.165) is 6.42 Å². The molecule has 1 unspecified atom stereocenters. The van der Waals surface area contributed by atoms with E-state index in [0.29, 0.717) is 36.2 Å². The summed E-state index contributed by atoms with van der Waals surface area (Å²) in [4.78, 5) is 14.5. The second kappa shape index (κ2) is 6.25. The van der Waals surface area contributed by atoms with Crippen LogP contribution in [0.4, 0.5) is 5.69 Å². The van der Waals surface area contributed by atoms with Crippen molar-refractivity contribution in [3.8, 4) is 11.4 Å². The largest absolute Gasteiger partial charge is 0.339 e. The fraction of sp³-hybridized carbons (Fsp3) is 0.385. The molecular formula is C13H16N4O3. The molecule has 1 heterocycles. The van der Waals surface area contributed by atoms with Crippen molar-refractivity contribution in [2.75, 3.05) is 6.54 Å². The third-order valence-electron chi connectivity index (χ3n) is 3.16. The summed E-state index contributed by atoms with van der Waals surface area (Å²) >= 11 is 0. The van der Waals surface area contributed by atoms with Crippen LogP contribution in [-0.2, 0) is 6.42 Å². The van der Waals surface area contributed by atoms with Gasteiger partial charge in [-0.1, -0.05) is 30.6 Å². The van der Waals surface area contributed by atoms with Crippen LogP contribution in [0.1, 0.15) is 19.2 Å². The molecule has 20 heavy (non-hydrogen) atoms. The molecule has 7 nitrogen and oxygen atoms in total. The van der Waals surface area contributed by atoms with Crippen molar-refractivity contribution < 1.29 is 9.45 Å². The number of nitro groups is 1. The highest BCUT2D eigenvalue weighted by Crippen LogP contribution is 2.22. The highest BCUT2D eigenvalue weighted by molar-refractivity contribution is 5.58. The van der Waals surface area contributed by atoms with Gasteiger partial charge in [-0.05, 0) is 12.5 Å². The minimum Gasteiger partial charge on any atom is -0.339 e. The summed E-state index contributed by atoms with van der Waals surface area (Å²) in [5, 5.41) is 14.6. The molecule has 0 fully saturated rings. The fourth-order valence-corrected chi connectivity index (χ4v) is 1.85. The maximum Gasteiger partial charge on any atom is 0.270 e. The molecule has 2 N–H and O–H groups in total. The van der Waals surface area contributed by atoms with Gasteiger partial charge in [0.1, 0.15) is 0 Å². The third kappa shape index (κ3) is 3.18. The van der Waals surface area contributed by atoms with Crippen molar-refractivity contribution in [3.63, 3.8) is 0 Å². The first-order valence-electron chi connectivity index (χ1n) is 6.41. The Hall–Kier alpha value is -2.28. The topological polar surface area (TPSA) is 108 Å². The van der Waals surface area contributed by atoms with Gasteiger partial charge in [-0.25, -0.2) is 0 Å². The molecule has 0 bridgehead atoms. The van der Waals surface area contributed by atoms with E-state index >= 15 is 0 Å². The van der Waals surface area contributed by atoms with Crippen molar-refractivity contribution in [1.82, 2.24) is 10.1 Å². The van der Waals surface area contributed by atoms with Crippen LogP contribution in [0.5, 0.6) is 0 Å². The Kier molecular flexibility index (Phi) is 4.41. The molecule has 0 aliphatic carbocycles. The lowest BCUT2D eigenvalue weighted by atomic mass is 10.0. The van der Waals surface area contributed by atoms with Gasteiger partial charge < -0.3 is 10.3 Å². The second-order valence-corrected chi connectivity index (χ2v) is 4.53. The minimum absolute atomic E-state index is 0.00208. The summed E-state index contributed by atoms with van der Waals surface area (Å²) in [6.07, 6.45) is 1.56. The Bertz CT molecular complexity index is 593. The molecule has 1 aromatic carbocycles. The lowest BCUT2D eigenvalue weighted by Crippen LogP contribution is -2.15. The zero-order chi connectivity index (χ0) is 14.5. The molecule has 2 rings (SSSR count). The summed E-state index contributed by atoms with van der Waals surface area (Å²) < 4.78 is 5.17. The molecule has 0 radical (unpaired) electrons. The van der Waals surface area contributed by atoms with Gasteiger partial charge in [0.25, 0.3) is 5.69 Å². The maximum atomic E-state index is 10.7. The zero-order valence-electron chi connectivity index (χ0n) is 11.2. The van der Waals surface area contributed by atoms with Gasteiger partial charge in [-0.2, -0.15) is 4.98 Å². The molecule has 1 aromatic heterocycles. The normalized spacial score (nSPS) is 12.3. The lowest BCUT2D eigenvalue weighted by molar-refractivity contribution is -0.384. The van der Waals surface area contributed by atoms with Crippen LogP contribution in [0.25, 0.3) is 11.4 Å². The minimum atomic E-state index is -0.452. The number of hydrogen-bond acceptors (Lipinski definition) is 6. The van der Waals surface area contributed by atoms with Crippen LogP contribution in [0.3, 0.4) is 0 Å². The highest BCUT2D eigenvalue weighted by atomic mass is 16.6. The number of non-ortho nitro benzene ring substituents is 1. The predicted octanol–water partition coefficient (Wildman–Crippen LogP) is 2.17. The van der Waals surface area contributed by atoms with E-state index in [9.17, 15) is 10.1 Å². The van der Waals surface area contributed by atoms with E-state index in [2.05, 4.69) is 17.1 Å². The summed E-state index contributed by atoms with van der Waals surface area (Å²) in [6.45, 7) is 2.61. The number of hydrogen-bond donors (Lipinski definition) is 1. The molecule has 7 heteroatoms. The Morgan fingerprint density at radius 3 is 2.95 bits per heavy atom. The van der Waals surface area contributed by atoms with Gasteiger partial charge in [0, 0.05) is 24.1 Å². The van der Waals surface area contributed by atoms with Crippen molar-refractivity contribution in [3.05, 3.63) is 40.3 Å². The Labute approximate surface area is 115 Å². The summed E-state index contributed by atoms with van der Waals surface area (Å²) in [6, 6.07) is 6.15. The first-order chi connectivity index (χ1) is 9.63. The Morgan fingerprint density at radius 2 is 2.30 bits per heavy atom. The first kappa shape index (κ1) is 14.1. The van der Waals surface area contributed by atoms with E-state index < -0.39 is 4.92 Å². The molecule has 0 saturated heterocycles. The first-order valence-corrected chi connectivity index (χ1v) is 6.41. The molecular weight excluding hydrogens is 260 g/mol. The van der Waals surface area contributed by atoms with E-state index in [-0.39, 0.29) is 5.69 Å². The SMILES string of the molecule is CCC(CN)Cc1nc(-c2cccc([N+](=O)[O-])c2)no1. The summed E-state index contributed by atoms with van der Waals surface area (Å²) in [5.74, 6) is 1.16. The standard InChI is InChI=1S/C13H16N4O3/c1-2-9(8-14)6-12-15-13(16-20-12)10-4-3-5-11(7-10)17(18)19/h3-5,7,9H,2,6,8,14H2,1H3. The molecule has 0 aliphatic rings. The van der Waals surface area contributed by atoms with Gasteiger partial charge in [-0.3, -0.25) is 10.1 Å². The molecule has 0 saturated carbocycles. The number of nitrogens with zero attached hydrogens (tertiary/aromatic N) is 3. The van der Waals surface area contributed by atoms with Crippen LogP contribution in [0.2, 0.25) is 0 Å². The van der Waals surface area contributed by atoms with E-state index in [1.807, 2.05) is 0 Å². The Morgan fingerprint density at radius 1 is 1.50 bits per heavy atom. The third-order valence-corrected chi connectivity index (χ3v) is 3.16. The molecule has 0 amide bonds. The lowest BCUT2D eigenvalue weighted by Gasteiger charge is -2.07. The molecule has 1 atom stereocenters. The van der Waals surface area contributed by atoms with Crippen LogP contribution >= 0.6 is 0 Å². The fourth-order valence-electron chi connectivity index (χ4n) is 1.85. The second-order valence-electron chi connectivity index (χ2n) is 4.53. The summed E-state index contributed by atoms with van der Waals surface area (Å²) in [5.41, 5.74) is 6.20. The van der Waals surface area contributed by atoms with Gasteiger partial charge in [0.15, 0.2) is 0 Å². The molecule has 106 valence electrons. The van der Waals surface area contributed by atoms with Gasteiger partial charge in [-0.15, -0.1) is 0 Å². The number of nitrogens with two attached hydrogens (primary N) is 1. The van der Waals surface area contributed by atoms with E-state index in [1.165, 1.54) is 12.1 Å². The number of rotatable bonds is 6. The Balaban J connectivity index is 2.20. The predicted molar refractivity (Wildman–Crippen MR) is 72.9 cm³/mol. The molecule has 0 aliphatic heterocycles. The van der Waals surface area contributed by atoms with Crippen molar-refractivity contribution in [2.24, 2.45) is 11.7 Å². The van der Waals surface area contributed by atoms with Gasteiger partial charge >= 0.3 is 0 Å². The van der Waals surface area contributed by atoms with Crippen molar-refractivity contribution in [1.29, 1.82) is 0 Å². The van der Waals surface area contributed by atoms with E-state index in [1.54, 1.807) is 12.1 Å². The number of nitro benzene ring substituents is 1. The number of aromatic nitrogens is 2. The molecule has 2 aromatic rings. The average Bonchev–Trinajstić information content (AvgIpc) is 2.93. The zero-order valence-corrected chi connectivity index (χ0v) is 11.2. The highest BCUT2D eigenvalue weighted by Gasteiger charge is 2.15. The average molecular weight is 276 g/mol. The van der Waals surface area contributed by atoms with Crippen LogP contribution < -0.4 is 5.73 Å². The number of benzene rings is 1. The van der Waals surface area contributed by atoms with Crippen molar-refractivity contribution >= 4 is 5.69 Å². The monoisotopic (exact) mass is 276 g/mol. The van der Waals surface area contributed by atoms with Crippen LogP contribution in [0, 0.1) is 16.0 Å². The van der Waals surface area contributed by atoms with Gasteiger partial charge in [0.2, 0.25) is 11.7 Å². The van der Waals surface area contributed by atoms with Crippen LogP contribution in [-0.4, -0.2) is 21.6 Å². The van der Waals surface area contributed by atoms with Crippen LogP contribution in [0.15, 0.2) is 28.8 Å². The quantitative estimate of drug-likeness (QED) is 0.639. The smallest absolute Gasteiger partial charge is 0.270 e. The van der Waals surface area contributed by atoms with E-state index in [4.69, 9.17) is 10.3 Å². The van der Waals surface area contributed by atoms with Crippen molar-refractivity contribution in [2.45, 2.75) is 19.8 Å². The maximum absolute atomic E-state index is 10.7. The van der Waals surface area contributed by atoms with Gasteiger partial charge in [0.05, 0.1) is 4.92 Å². The molecule has 0 spiro atoms.